The molecule has 1 saturated carbocycles. The molecule has 3 aliphatic heterocycles. The fraction of sp³-hybridized carbons (Fsp3) is 0.512. The Morgan fingerprint density at radius 2 is 1.59 bits per heavy atom. The lowest BCUT2D eigenvalue weighted by Crippen LogP contribution is -2.74. The fourth-order valence-electron chi connectivity index (χ4n) is 9.37. The van der Waals surface area contributed by atoms with Gasteiger partial charge in [-0.15, -0.1) is 0 Å². The van der Waals surface area contributed by atoms with Gasteiger partial charge in [-0.1, -0.05) is 27.7 Å². The Hall–Kier alpha value is -5.75. The van der Waals surface area contributed by atoms with Crippen LogP contribution in [0, 0.1) is 28.1 Å². The zero-order chi connectivity index (χ0) is 41.2. The van der Waals surface area contributed by atoms with Crippen LogP contribution < -0.4 is 35.2 Å². The van der Waals surface area contributed by atoms with Crippen molar-refractivity contribution in [1.82, 2.24) is 30.8 Å². The number of carbonyl (C=O) groups excluding carboxylic acids is 4. The van der Waals surface area contributed by atoms with Gasteiger partial charge in [0.2, 0.25) is 11.8 Å². The van der Waals surface area contributed by atoms with Gasteiger partial charge in [0, 0.05) is 86.4 Å². The summed E-state index contributed by atoms with van der Waals surface area (Å²) >= 11 is 0. The number of methoxy groups -OCH3 is 1. The van der Waals surface area contributed by atoms with E-state index >= 15 is 0 Å². The van der Waals surface area contributed by atoms with Gasteiger partial charge in [0.1, 0.15) is 41.2 Å². The largest absolute Gasteiger partial charge is 0.495 e. The number of hydrogen-bond donors (Lipinski definition) is 3. The van der Waals surface area contributed by atoms with Crippen LogP contribution >= 0.6 is 0 Å². The van der Waals surface area contributed by atoms with Crippen molar-refractivity contribution in [3.63, 3.8) is 0 Å². The molecule has 58 heavy (non-hydrogen) atoms. The summed E-state index contributed by atoms with van der Waals surface area (Å²) in [6.07, 6.45) is 5.50. The summed E-state index contributed by atoms with van der Waals surface area (Å²) in [7, 11) is 1.53. The number of amides is 4. The molecule has 2 aromatic carbocycles. The standard InChI is InChI=1S/C43H53N9O6/c1-42(2)40(43(3,4)41(42)58-31-11-8-29(23-44)34(22-31)57-5)49-37(54)28-6-9-30(10-7-28)51-16-14-27(15-17-51)26-50-18-20-52(21-19-50)35-25-45-33(24-46-35)39(56)47-32-12-13-36(53)48-38(32)55/h6-11,22,24-25,27,32,40-41H,12-21,26H2,1-5H3,(H,47,56)(H,49,54)(H,48,53,55)/t32-,40?,41?/m0/s1. The van der Waals surface area contributed by atoms with Crippen molar-refractivity contribution in [2.75, 3.05) is 62.7 Å². The predicted octanol–water partition coefficient (Wildman–Crippen LogP) is 3.54. The van der Waals surface area contributed by atoms with Crippen LogP contribution in [-0.4, -0.2) is 110 Å². The minimum atomic E-state index is -0.760. The van der Waals surface area contributed by atoms with Crippen molar-refractivity contribution in [1.29, 1.82) is 5.26 Å². The van der Waals surface area contributed by atoms with E-state index in [2.05, 4.69) is 86.5 Å². The molecule has 3 N–H and O–H groups in total. The zero-order valence-corrected chi connectivity index (χ0v) is 33.9. The number of nitrogens with zero attached hydrogens (tertiary/aromatic N) is 6. The van der Waals surface area contributed by atoms with Crippen LogP contribution in [0.1, 0.15) is 79.8 Å². The quantitative estimate of drug-likeness (QED) is 0.241. The second-order valence-electron chi connectivity index (χ2n) is 17.0. The van der Waals surface area contributed by atoms with Crippen LogP contribution in [0.3, 0.4) is 0 Å². The predicted molar refractivity (Wildman–Crippen MR) is 217 cm³/mol. The molecule has 4 aliphatic rings. The molecule has 4 amide bonds. The van der Waals surface area contributed by atoms with E-state index in [4.69, 9.17) is 9.47 Å². The highest BCUT2D eigenvalue weighted by Gasteiger charge is 2.64. The van der Waals surface area contributed by atoms with Crippen molar-refractivity contribution in [3.8, 4) is 17.6 Å². The van der Waals surface area contributed by atoms with Crippen LogP contribution in [0.25, 0.3) is 0 Å². The minimum Gasteiger partial charge on any atom is -0.495 e. The second-order valence-corrected chi connectivity index (χ2v) is 17.0. The van der Waals surface area contributed by atoms with Gasteiger partial charge in [-0.3, -0.25) is 29.4 Å². The molecular formula is C43H53N9O6. The van der Waals surface area contributed by atoms with Gasteiger partial charge in [-0.25, -0.2) is 9.97 Å². The highest BCUT2D eigenvalue weighted by Crippen LogP contribution is 2.55. The van der Waals surface area contributed by atoms with Crippen LogP contribution in [0.5, 0.6) is 11.5 Å². The smallest absolute Gasteiger partial charge is 0.272 e. The number of benzene rings is 2. The van der Waals surface area contributed by atoms with E-state index in [1.54, 1.807) is 24.4 Å². The molecule has 15 heteroatoms. The number of ether oxygens (including phenoxy) is 2. The maximum Gasteiger partial charge on any atom is 0.272 e. The number of hydrogen-bond acceptors (Lipinski definition) is 12. The molecule has 4 fully saturated rings. The number of rotatable bonds is 11. The van der Waals surface area contributed by atoms with E-state index in [0.29, 0.717) is 34.4 Å². The van der Waals surface area contributed by atoms with E-state index in [0.717, 1.165) is 64.3 Å². The lowest BCUT2D eigenvalue weighted by Gasteiger charge is -2.63. The molecule has 7 rings (SSSR count). The van der Waals surface area contributed by atoms with E-state index < -0.39 is 17.9 Å². The van der Waals surface area contributed by atoms with Gasteiger partial charge < -0.3 is 29.9 Å². The highest BCUT2D eigenvalue weighted by molar-refractivity contribution is 6.03. The Balaban J connectivity index is 0.835. The minimum absolute atomic E-state index is 0.103. The molecule has 4 heterocycles. The number of imide groups is 1. The van der Waals surface area contributed by atoms with Gasteiger partial charge in [0.15, 0.2) is 0 Å². The normalized spacial score (nSPS) is 23.2. The molecule has 0 unspecified atom stereocenters. The van der Waals surface area contributed by atoms with Crippen molar-refractivity contribution < 1.29 is 28.7 Å². The summed E-state index contributed by atoms with van der Waals surface area (Å²) in [5, 5.41) is 17.5. The van der Waals surface area contributed by atoms with E-state index in [1.165, 1.54) is 13.3 Å². The highest BCUT2D eigenvalue weighted by atomic mass is 16.5. The first-order valence-electron chi connectivity index (χ1n) is 20.1. The van der Waals surface area contributed by atoms with E-state index in [-0.39, 0.29) is 53.3 Å². The third kappa shape index (κ3) is 8.43. The SMILES string of the molecule is COc1cc(OC2C(C)(C)C(NC(=O)c3ccc(N4CCC(CN5CCN(c6cnc(C(=O)N[C@H]7CCC(=O)NC7=O)cn6)CC5)CC4)cc3)C2(C)C)ccc1C#N. The molecule has 15 nitrogen and oxygen atoms in total. The molecule has 1 aliphatic carbocycles. The zero-order valence-electron chi connectivity index (χ0n) is 33.9. The summed E-state index contributed by atoms with van der Waals surface area (Å²) in [4.78, 5) is 65.4. The Bertz CT molecular complexity index is 2030. The third-order valence-corrected chi connectivity index (χ3v) is 12.4. The number of piperazine rings is 1. The summed E-state index contributed by atoms with van der Waals surface area (Å²) in [5.41, 5.74) is 1.64. The van der Waals surface area contributed by atoms with Crippen LogP contribution in [0.15, 0.2) is 54.9 Å². The van der Waals surface area contributed by atoms with Gasteiger partial charge >= 0.3 is 0 Å². The Morgan fingerprint density at radius 3 is 2.21 bits per heavy atom. The van der Waals surface area contributed by atoms with Gasteiger partial charge in [-0.05, 0) is 61.6 Å². The Morgan fingerprint density at radius 1 is 0.879 bits per heavy atom. The average Bonchev–Trinajstić information content (AvgIpc) is 3.23. The molecule has 3 saturated heterocycles. The monoisotopic (exact) mass is 791 g/mol. The van der Waals surface area contributed by atoms with Gasteiger partial charge in [0.05, 0.1) is 25.1 Å². The Labute approximate surface area is 339 Å². The first kappa shape index (κ1) is 40.4. The van der Waals surface area contributed by atoms with Crippen molar-refractivity contribution in [2.24, 2.45) is 16.7 Å². The number of aromatic nitrogens is 2. The summed E-state index contributed by atoms with van der Waals surface area (Å²) in [5.74, 6) is 0.983. The van der Waals surface area contributed by atoms with E-state index in [9.17, 15) is 24.4 Å². The molecule has 1 aromatic heterocycles. The lowest BCUT2D eigenvalue weighted by molar-refractivity contribution is -0.164. The second kappa shape index (κ2) is 16.6. The number of nitriles is 1. The molecule has 3 aromatic rings. The maximum absolute atomic E-state index is 13.5. The Kier molecular flexibility index (Phi) is 11.6. The summed E-state index contributed by atoms with van der Waals surface area (Å²) in [6.45, 7) is 14.9. The lowest BCUT2D eigenvalue weighted by atomic mass is 9.49. The topological polar surface area (TPSA) is 182 Å². The van der Waals surface area contributed by atoms with Crippen LogP contribution in [-0.2, 0) is 9.59 Å². The van der Waals surface area contributed by atoms with E-state index in [1.807, 2.05) is 12.1 Å². The fourth-order valence-corrected chi connectivity index (χ4v) is 9.37. The molecular weight excluding hydrogens is 739 g/mol. The van der Waals surface area contributed by atoms with Crippen molar-refractivity contribution in [2.45, 2.75) is 71.6 Å². The molecule has 1 atom stereocenters. The summed E-state index contributed by atoms with van der Waals surface area (Å²) < 4.78 is 11.8. The number of piperidine rings is 2. The van der Waals surface area contributed by atoms with Crippen LogP contribution in [0.4, 0.5) is 11.5 Å². The van der Waals surface area contributed by atoms with Crippen LogP contribution in [0.2, 0.25) is 0 Å². The molecule has 0 radical (unpaired) electrons. The third-order valence-electron chi connectivity index (χ3n) is 12.4. The first-order chi connectivity index (χ1) is 27.8. The average molecular weight is 792 g/mol. The first-order valence-corrected chi connectivity index (χ1v) is 20.1. The molecule has 0 bridgehead atoms. The number of anilines is 2. The molecule has 0 spiro atoms. The van der Waals surface area contributed by atoms with Crippen molar-refractivity contribution in [3.05, 3.63) is 71.7 Å². The van der Waals surface area contributed by atoms with Gasteiger partial charge in [-0.2, -0.15) is 5.26 Å². The molecule has 306 valence electrons. The summed E-state index contributed by atoms with van der Waals surface area (Å²) in [6, 6.07) is 14.4. The number of nitrogens with one attached hydrogen (secondary N) is 3. The number of carbonyl (C=O) groups is 4. The van der Waals surface area contributed by atoms with Gasteiger partial charge in [0.25, 0.3) is 11.8 Å². The van der Waals surface area contributed by atoms with Crippen molar-refractivity contribution >= 4 is 35.1 Å². The maximum atomic E-state index is 13.5.